The molecule has 4 aromatic carbocycles. The summed E-state index contributed by atoms with van der Waals surface area (Å²) in [5.74, 6) is 1.08. The third-order valence-corrected chi connectivity index (χ3v) is 5.45. The Labute approximate surface area is 229 Å². The zero-order valence-electron chi connectivity index (χ0n) is 22.3. The third kappa shape index (κ3) is 12.5. The van der Waals surface area contributed by atoms with Crippen LogP contribution in [0.4, 0.5) is 11.4 Å². The molecule has 0 atom stereocenters. The summed E-state index contributed by atoms with van der Waals surface area (Å²) < 4.78 is 4.35. The number of nitrogens with zero attached hydrogens (tertiary/aromatic N) is 2. The Balaban J connectivity index is 0.000000253. The van der Waals surface area contributed by atoms with Crippen LogP contribution >= 0.6 is 0 Å². The van der Waals surface area contributed by atoms with Crippen LogP contribution in [-0.2, 0) is 17.2 Å². The van der Waals surface area contributed by atoms with E-state index in [2.05, 4.69) is 86.1 Å². The molecule has 0 heterocycles. The maximum Gasteiger partial charge on any atom is -0.0624 e. The van der Waals surface area contributed by atoms with E-state index in [1.807, 2.05) is 91.0 Å². The number of benzene rings is 4. The quantitative estimate of drug-likeness (QED) is 0.242. The van der Waals surface area contributed by atoms with Gasteiger partial charge in [0.2, 0.25) is 0 Å². The Kier molecular flexibility index (Phi) is 15.5. The normalized spacial score (nSPS) is 9.50. The van der Waals surface area contributed by atoms with Crippen LogP contribution in [0.2, 0.25) is 0 Å². The van der Waals surface area contributed by atoms with Gasteiger partial charge in [0.1, 0.15) is 0 Å². The van der Waals surface area contributed by atoms with Gasteiger partial charge in [0.15, 0.2) is 0 Å². The first kappa shape index (κ1) is 30.8. The molecule has 0 amide bonds. The van der Waals surface area contributed by atoms with E-state index in [1.165, 1.54) is 11.1 Å². The van der Waals surface area contributed by atoms with E-state index in [1.54, 1.807) is 7.05 Å². The first-order valence-electron chi connectivity index (χ1n) is 12.2. The average molecular weight is 515 g/mol. The van der Waals surface area contributed by atoms with E-state index in [0.29, 0.717) is 11.8 Å². The first-order valence-corrected chi connectivity index (χ1v) is 12.8. The van der Waals surface area contributed by atoms with Gasteiger partial charge < -0.3 is 5.32 Å². The molecule has 4 aromatic rings. The van der Waals surface area contributed by atoms with Crippen molar-refractivity contribution in [3.8, 4) is 0 Å². The predicted octanol–water partition coefficient (Wildman–Crippen LogP) is 10.4. The molecule has 0 spiro atoms. The fourth-order valence-electron chi connectivity index (χ4n) is 3.16. The van der Waals surface area contributed by atoms with Gasteiger partial charge >= 0.3 is 95.6 Å². The summed E-state index contributed by atoms with van der Waals surface area (Å²) in [6.45, 7) is 16.3. The van der Waals surface area contributed by atoms with Gasteiger partial charge in [-0.2, -0.15) is 49.2 Å². The van der Waals surface area contributed by atoms with Crippen molar-refractivity contribution in [2.75, 3.05) is 7.05 Å². The zero-order valence-corrected chi connectivity index (χ0v) is 23.7. The first-order chi connectivity index (χ1) is 17.3. The Hall–Kier alpha value is -3.20. The van der Waals surface area contributed by atoms with E-state index in [-0.39, 0.29) is 0 Å². The summed E-state index contributed by atoms with van der Waals surface area (Å²) >= 11 is 2.33. The SMILES string of the molecule is CC(C)c1cccc(C(C)C)c1[N]=[V].C[N-]c1ccccc1.[CH2-]c1ccccc1.[CH2-]c1ccccc1. The second-order valence-corrected chi connectivity index (χ2v) is 9.04. The molecule has 4 rings (SSSR count). The number of hydrogen-bond donors (Lipinski definition) is 0. The number of rotatable bonds is 4. The maximum atomic E-state index is 4.35. The van der Waals surface area contributed by atoms with Crippen molar-refractivity contribution in [2.24, 2.45) is 3.79 Å². The Morgan fingerprint density at radius 2 is 0.944 bits per heavy atom. The number of para-hydroxylation sites is 1. The Bertz CT molecular complexity index is 1030. The summed E-state index contributed by atoms with van der Waals surface area (Å²) in [5.41, 5.74) is 7.03. The predicted molar refractivity (Wildman–Crippen MR) is 154 cm³/mol. The van der Waals surface area contributed by atoms with Crippen LogP contribution in [0.15, 0.2) is 113 Å². The molecule has 0 N–H and O–H groups in total. The van der Waals surface area contributed by atoms with Crippen LogP contribution < -0.4 is 0 Å². The molecule has 0 bridgehead atoms. The molecule has 0 unspecified atom stereocenters. The summed E-state index contributed by atoms with van der Waals surface area (Å²) in [4.78, 5) is 0. The van der Waals surface area contributed by atoms with Crippen LogP contribution in [-0.4, -0.2) is 7.05 Å². The molecule has 0 fully saturated rings. The van der Waals surface area contributed by atoms with Gasteiger partial charge in [0, 0.05) is 0 Å². The third-order valence-electron chi connectivity index (χ3n) is 5.14. The van der Waals surface area contributed by atoms with E-state index >= 15 is 0 Å². The van der Waals surface area contributed by atoms with Crippen molar-refractivity contribution < 1.29 is 17.2 Å². The summed E-state index contributed by atoms with van der Waals surface area (Å²) in [7, 11) is 1.79. The maximum absolute atomic E-state index is 4.35. The minimum atomic E-state index is 0.539. The fraction of sp³-hybridized carbons (Fsp3) is 0.212. The summed E-state index contributed by atoms with van der Waals surface area (Å²) in [6.07, 6.45) is 0. The minimum Gasteiger partial charge on any atom is -0.687 e. The van der Waals surface area contributed by atoms with Gasteiger partial charge in [-0.15, -0.1) is 37.0 Å². The van der Waals surface area contributed by atoms with E-state index in [4.69, 9.17) is 0 Å². The van der Waals surface area contributed by atoms with Crippen LogP contribution in [0.5, 0.6) is 0 Å². The second kappa shape index (κ2) is 18.1. The van der Waals surface area contributed by atoms with Gasteiger partial charge in [0.25, 0.3) is 0 Å². The van der Waals surface area contributed by atoms with Crippen LogP contribution in [0.3, 0.4) is 0 Å². The van der Waals surface area contributed by atoms with Crippen molar-refractivity contribution in [1.82, 2.24) is 0 Å². The molecule has 36 heavy (non-hydrogen) atoms. The van der Waals surface area contributed by atoms with Crippen molar-refractivity contribution in [3.05, 3.63) is 151 Å². The fourth-order valence-corrected chi connectivity index (χ4v) is 3.52. The molecule has 0 aliphatic rings. The molecule has 189 valence electrons. The molecule has 0 aromatic heterocycles. The molecular formula is C33H39N2V-3. The van der Waals surface area contributed by atoms with Crippen molar-refractivity contribution in [2.45, 2.75) is 39.5 Å². The molecule has 2 nitrogen and oxygen atoms in total. The monoisotopic (exact) mass is 514 g/mol. The van der Waals surface area contributed by atoms with Crippen LogP contribution in [0.1, 0.15) is 61.8 Å². The number of hydrogen-bond acceptors (Lipinski definition) is 1. The molecule has 0 radical (unpaired) electrons. The van der Waals surface area contributed by atoms with E-state index in [9.17, 15) is 0 Å². The van der Waals surface area contributed by atoms with Gasteiger partial charge in [0.05, 0.1) is 0 Å². The Morgan fingerprint density at radius 1 is 0.583 bits per heavy atom. The average Bonchev–Trinajstić information content (AvgIpc) is 2.90. The molecule has 3 heteroatoms. The van der Waals surface area contributed by atoms with Crippen LogP contribution in [0.25, 0.3) is 5.32 Å². The molecule has 0 saturated carbocycles. The molecule has 0 aliphatic heterocycles. The van der Waals surface area contributed by atoms with Gasteiger partial charge in [-0.1, -0.05) is 42.5 Å². The van der Waals surface area contributed by atoms with Crippen molar-refractivity contribution in [3.63, 3.8) is 0 Å². The zero-order chi connectivity index (χ0) is 26.8. The summed E-state index contributed by atoms with van der Waals surface area (Å²) in [6, 6.07) is 36.1. The van der Waals surface area contributed by atoms with E-state index < -0.39 is 0 Å². The minimum absolute atomic E-state index is 0.539. The standard InChI is InChI=1S/C12H17N.C7H8N.2C7H7.V/c1-8(2)10-6-5-7-11(9(3)4)12(10)13;1-8-7-5-3-2-4-6-7;2*1-7-5-3-2-4-6-7;/h5-9H,1-4H3;2-6H,1H3;2*2-6H,1H2;/q;3*-1;. The molecular weight excluding hydrogens is 475 g/mol. The Morgan fingerprint density at radius 3 is 1.17 bits per heavy atom. The van der Waals surface area contributed by atoms with Gasteiger partial charge in [-0.3, -0.25) is 0 Å². The second-order valence-electron chi connectivity index (χ2n) is 8.72. The van der Waals surface area contributed by atoms with Crippen molar-refractivity contribution in [1.29, 1.82) is 0 Å². The molecule has 0 aliphatic carbocycles. The molecule has 0 saturated heterocycles. The van der Waals surface area contributed by atoms with Crippen LogP contribution in [0, 0.1) is 13.8 Å². The van der Waals surface area contributed by atoms with Gasteiger partial charge in [-0.05, 0) is 0 Å². The topological polar surface area (TPSA) is 26.5 Å². The van der Waals surface area contributed by atoms with E-state index in [0.717, 1.165) is 22.5 Å². The van der Waals surface area contributed by atoms with Crippen molar-refractivity contribution >= 4 is 11.4 Å². The van der Waals surface area contributed by atoms with Gasteiger partial charge in [-0.25, -0.2) is 0 Å². The largest absolute Gasteiger partial charge is 0.687 e. The summed E-state index contributed by atoms with van der Waals surface area (Å²) in [5, 5.41) is 3.97. The smallest absolute Gasteiger partial charge is 0.0624 e.